The van der Waals surface area contributed by atoms with Crippen molar-refractivity contribution in [3.8, 4) is 0 Å². The topological polar surface area (TPSA) is 64.1 Å². The predicted octanol–water partition coefficient (Wildman–Crippen LogP) is 1.48. The van der Waals surface area contributed by atoms with E-state index in [1.54, 1.807) is 0 Å². The van der Waals surface area contributed by atoms with Crippen molar-refractivity contribution in [2.75, 3.05) is 0 Å². The quantitative estimate of drug-likeness (QED) is 0.446. The summed E-state index contributed by atoms with van der Waals surface area (Å²) >= 11 is 5.44. The maximum Gasteiger partial charge on any atom is 0.278 e. The van der Waals surface area contributed by atoms with Gasteiger partial charge in [0.15, 0.2) is 5.03 Å². The van der Waals surface area contributed by atoms with Crippen LogP contribution in [0.3, 0.4) is 0 Å². The summed E-state index contributed by atoms with van der Waals surface area (Å²) in [5, 5.41) is -0.521. The molecule has 0 spiro atoms. The number of aldehydes is 1. The molecular weight excluding hydrogens is 237 g/mol. The van der Waals surface area contributed by atoms with Crippen LogP contribution in [-0.2, 0) is 9.05 Å². The number of pyridine rings is 1. The molecule has 0 bridgehead atoms. The van der Waals surface area contributed by atoms with Crippen LogP contribution in [-0.4, -0.2) is 19.7 Å². The van der Waals surface area contributed by atoms with E-state index in [2.05, 4.69) is 4.98 Å². The maximum absolute atomic E-state index is 10.8. The van der Waals surface area contributed by atoms with Crippen LogP contribution >= 0.6 is 22.3 Å². The highest BCUT2D eigenvalue weighted by molar-refractivity contribution is 8.13. The molecule has 0 amide bonds. The summed E-state index contributed by atoms with van der Waals surface area (Å²) in [6, 6.07) is 2.28. The first-order valence-electron chi connectivity index (χ1n) is 3.01. The number of hydrogen-bond donors (Lipinski definition) is 0. The molecular formula is C6H3Cl2NO3S. The van der Waals surface area contributed by atoms with E-state index in [1.807, 2.05) is 0 Å². The molecule has 0 saturated heterocycles. The standard InChI is InChI=1S/C6H3Cl2NO3S/c7-5-1-4(3-10)2-6(9-5)13(8,11)12/h1-3H. The fourth-order valence-corrected chi connectivity index (χ4v) is 1.67. The second kappa shape index (κ2) is 3.61. The van der Waals surface area contributed by atoms with E-state index in [0.717, 1.165) is 6.07 Å². The highest BCUT2D eigenvalue weighted by Crippen LogP contribution is 2.16. The van der Waals surface area contributed by atoms with Crippen LogP contribution in [0.25, 0.3) is 0 Å². The van der Waals surface area contributed by atoms with Crippen molar-refractivity contribution in [1.82, 2.24) is 4.98 Å². The van der Waals surface area contributed by atoms with E-state index in [9.17, 15) is 13.2 Å². The van der Waals surface area contributed by atoms with Gasteiger partial charge in [-0.3, -0.25) is 4.79 Å². The van der Waals surface area contributed by atoms with Gasteiger partial charge >= 0.3 is 0 Å². The van der Waals surface area contributed by atoms with E-state index in [0.29, 0.717) is 6.29 Å². The molecule has 1 aromatic rings. The Labute approximate surface area is 83.9 Å². The van der Waals surface area contributed by atoms with Crippen LogP contribution < -0.4 is 0 Å². The van der Waals surface area contributed by atoms with Crippen LogP contribution in [0.5, 0.6) is 0 Å². The number of rotatable bonds is 2. The summed E-state index contributed by atoms with van der Waals surface area (Å²) in [6.07, 6.45) is 0.457. The summed E-state index contributed by atoms with van der Waals surface area (Å²) in [7, 11) is 1.05. The van der Waals surface area contributed by atoms with Crippen molar-refractivity contribution in [1.29, 1.82) is 0 Å². The molecule has 0 aliphatic rings. The Bertz CT molecular complexity index is 443. The molecule has 0 aromatic carbocycles. The molecule has 70 valence electrons. The van der Waals surface area contributed by atoms with Gasteiger partial charge in [-0.1, -0.05) is 11.6 Å². The third-order valence-electron chi connectivity index (χ3n) is 1.18. The van der Waals surface area contributed by atoms with Gasteiger partial charge < -0.3 is 0 Å². The lowest BCUT2D eigenvalue weighted by atomic mass is 10.3. The van der Waals surface area contributed by atoms with E-state index >= 15 is 0 Å². The molecule has 0 fully saturated rings. The Kier molecular flexibility index (Phi) is 2.90. The molecule has 0 N–H and O–H groups in total. The zero-order chi connectivity index (χ0) is 10.1. The molecule has 4 nitrogen and oxygen atoms in total. The van der Waals surface area contributed by atoms with E-state index in [-0.39, 0.29) is 10.7 Å². The predicted molar refractivity (Wildman–Crippen MR) is 47.7 cm³/mol. The van der Waals surface area contributed by atoms with Crippen LogP contribution in [0.1, 0.15) is 10.4 Å². The van der Waals surface area contributed by atoms with Crippen molar-refractivity contribution in [3.05, 3.63) is 22.8 Å². The van der Waals surface area contributed by atoms with Gasteiger partial charge in [0.25, 0.3) is 9.05 Å². The number of carbonyl (C=O) groups excluding carboxylic acids is 1. The Morgan fingerprint density at radius 2 is 2.00 bits per heavy atom. The molecule has 1 heterocycles. The van der Waals surface area contributed by atoms with Crippen LogP contribution in [0.2, 0.25) is 5.15 Å². The zero-order valence-corrected chi connectivity index (χ0v) is 8.40. The third-order valence-corrected chi connectivity index (χ3v) is 2.56. The van der Waals surface area contributed by atoms with E-state index in [1.165, 1.54) is 6.07 Å². The van der Waals surface area contributed by atoms with Crippen LogP contribution in [0, 0.1) is 0 Å². The fraction of sp³-hybridized carbons (Fsp3) is 0. The molecule has 0 saturated carbocycles. The number of aromatic nitrogens is 1. The molecule has 0 atom stereocenters. The van der Waals surface area contributed by atoms with Crippen molar-refractivity contribution in [2.45, 2.75) is 5.03 Å². The monoisotopic (exact) mass is 239 g/mol. The van der Waals surface area contributed by atoms with Gasteiger partial charge in [-0.15, -0.1) is 0 Å². The lowest BCUT2D eigenvalue weighted by molar-refractivity contribution is 0.112. The lowest BCUT2D eigenvalue weighted by Gasteiger charge is -1.97. The van der Waals surface area contributed by atoms with E-state index < -0.39 is 14.1 Å². The first-order valence-corrected chi connectivity index (χ1v) is 5.69. The van der Waals surface area contributed by atoms with Crippen LogP contribution in [0.15, 0.2) is 17.2 Å². The molecule has 7 heteroatoms. The minimum Gasteiger partial charge on any atom is -0.298 e. The molecule has 0 aliphatic carbocycles. The summed E-state index contributed by atoms with van der Waals surface area (Å²) in [5.41, 5.74) is 0.110. The normalized spacial score (nSPS) is 11.2. The minimum absolute atomic E-state index is 0.0937. The second-order valence-electron chi connectivity index (χ2n) is 2.12. The SMILES string of the molecule is O=Cc1cc(Cl)nc(S(=O)(=O)Cl)c1. The smallest absolute Gasteiger partial charge is 0.278 e. The first-order chi connectivity index (χ1) is 5.93. The molecule has 0 unspecified atom stereocenters. The Morgan fingerprint density at radius 1 is 1.38 bits per heavy atom. The Balaban J connectivity index is 3.41. The Morgan fingerprint density at radius 3 is 2.46 bits per heavy atom. The van der Waals surface area contributed by atoms with Gasteiger partial charge in [-0.05, 0) is 12.1 Å². The van der Waals surface area contributed by atoms with Gasteiger partial charge in [0.1, 0.15) is 11.4 Å². The third kappa shape index (κ3) is 2.65. The molecule has 0 aliphatic heterocycles. The lowest BCUT2D eigenvalue weighted by Crippen LogP contribution is -1.97. The number of carbonyl (C=O) groups is 1. The minimum atomic E-state index is -3.94. The van der Waals surface area contributed by atoms with Gasteiger partial charge in [-0.2, -0.15) is 0 Å². The van der Waals surface area contributed by atoms with Gasteiger partial charge in [0.05, 0.1) is 0 Å². The second-order valence-corrected chi connectivity index (χ2v) is 5.02. The summed E-state index contributed by atoms with van der Waals surface area (Å²) < 4.78 is 21.6. The fourth-order valence-electron chi connectivity index (χ4n) is 0.685. The van der Waals surface area contributed by atoms with Crippen molar-refractivity contribution < 1.29 is 13.2 Å². The van der Waals surface area contributed by atoms with Crippen molar-refractivity contribution in [2.24, 2.45) is 0 Å². The average molecular weight is 240 g/mol. The molecule has 1 aromatic heterocycles. The maximum atomic E-state index is 10.8. The first kappa shape index (κ1) is 10.4. The van der Waals surface area contributed by atoms with Gasteiger partial charge in [0, 0.05) is 16.2 Å². The zero-order valence-electron chi connectivity index (χ0n) is 6.07. The number of hydrogen-bond acceptors (Lipinski definition) is 4. The van der Waals surface area contributed by atoms with Gasteiger partial charge in [-0.25, -0.2) is 13.4 Å². The summed E-state index contributed by atoms with van der Waals surface area (Å²) in [6.45, 7) is 0. The molecule has 0 radical (unpaired) electrons. The van der Waals surface area contributed by atoms with Crippen LogP contribution in [0.4, 0.5) is 0 Å². The van der Waals surface area contributed by atoms with Crippen molar-refractivity contribution >= 4 is 37.6 Å². The average Bonchev–Trinajstić information content (AvgIpc) is 2.01. The van der Waals surface area contributed by atoms with E-state index in [4.69, 9.17) is 22.3 Å². The largest absolute Gasteiger partial charge is 0.298 e. The highest BCUT2D eigenvalue weighted by Gasteiger charge is 2.13. The molecule has 13 heavy (non-hydrogen) atoms. The Hall–Kier alpha value is -0.650. The molecule has 1 rings (SSSR count). The number of halogens is 2. The number of nitrogens with zero attached hydrogens (tertiary/aromatic N) is 1. The van der Waals surface area contributed by atoms with Gasteiger partial charge in [0.2, 0.25) is 0 Å². The summed E-state index contributed by atoms with van der Waals surface area (Å²) in [4.78, 5) is 13.8. The van der Waals surface area contributed by atoms with Crippen molar-refractivity contribution in [3.63, 3.8) is 0 Å². The highest BCUT2D eigenvalue weighted by atomic mass is 35.7. The summed E-state index contributed by atoms with van der Waals surface area (Å²) in [5.74, 6) is 0.